The van der Waals surface area contributed by atoms with Crippen molar-refractivity contribution in [3.63, 3.8) is 0 Å². The Kier molecular flexibility index (Phi) is 5.04. The summed E-state index contributed by atoms with van der Waals surface area (Å²) in [6.07, 6.45) is 3.29. The zero-order chi connectivity index (χ0) is 19.9. The molecule has 2 atom stereocenters. The Hall–Kier alpha value is -2.15. The predicted molar refractivity (Wildman–Crippen MR) is 110 cm³/mol. The van der Waals surface area contributed by atoms with Crippen molar-refractivity contribution in [1.29, 1.82) is 0 Å². The molecule has 0 aromatic heterocycles. The number of aliphatic hydroxyl groups excluding tert-OH is 1. The first-order valence-corrected chi connectivity index (χ1v) is 11.2. The van der Waals surface area contributed by atoms with Gasteiger partial charge in [-0.2, -0.15) is 0 Å². The van der Waals surface area contributed by atoms with Gasteiger partial charge in [0.25, 0.3) is 0 Å². The van der Waals surface area contributed by atoms with Crippen LogP contribution in [-0.2, 0) is 14.6 Å². The quantitative estimate of drug-likeness (QED) is 0.753. The van der Waals surface area contributed by atoms with Crippen LogP contribution in [0.15, 0.2) is 53.1 Å². The standard InChI is InChI=1S/C22H24O5S/c1-14(10-15-7-8-19(24)18-5-3-2-4-17(15)18)6-9-20-22-16(11-23)13-28(25,26)21(22)12-27-20/h2-5,7-8,10,20-21,23-24H,6,9,11-13H2,1H3/b14-10+/t20-,21+/m1/s1. The maximum atomic E-state index is 12.2. The van der Waals surface area contributed by atoms with Crippen molar-refractivity contribution in [3.8, 4) is 5.75 Å². The minimum atomic E-state index is -3.23. The topological polar surface area (TPSA) is 83.8 Å². The Morgan fingerprint density at radius 2 is 1.96 bits per heavy atom. The molecule has 0 amide bonds. The van der Waals surface area contributed by atoms with Gasteiger partial charge in [0.05, 0.1) is 25.1 Å². The zero-order valence-corrected chi connectivity index (χ0v) is 16.6. The summed E-state index contributed by atoms with van der Waals surface area (Å²) in [5.74, 6) is 0.222. The number of aliphatic hydroxyl groups is 1. The van der Waals surface area contributed by atoms with Gasteiger partial charge >= 0.3 is 0 Å². The monoisotopic (exact) mass is 400 g/mol. The third kappa shape index (κ3) is 3.36. The van der Waals surface area contributed by atoms with Gasteiger partial charge in [0.15, 0.2) is 9.84 Å². The van der Waals surface area contributed by atoms with Crippen molar-refractivity contribution in [2.45, 2.75) is 31.1 Å². The van der Waals surface area contributed by atoms with Crippen LogP contribution >= 0.6 is 0 Å². The molecule has 2 N–H and O–H groups in total. The fourth-order valence-corrected chi connectivity index (χ4v) is 6.21. The van der Waals surface area contributed by atoms with E-state index in [0.717, 1.165) is 33.9 Å². The van der Waals surface area contributed by atoms with Gasteiger partial charge in [0, 0.05) is 5.39 Å². The van der Waals surface area contributed by atoms with Crippen molar-refractivity contribution >= 4 is 26.7 Å². The van der Waals surface area contributed by atoms with Gasteiger partial charge < -0.3 is 14.9 Å². The normalized spacial score (nSPS) is 24.1. The largest absolute Gasteiger partial charge is 0.507 e. The van der Waals surface area contributed by atoms with E-state index in [9.17, 15) is 18.6 Å². The number of aromatic hydroxyl groups is 1. The van der Waals surface area contributed by atoms with Crippen molar-refractivity contribution in [1.82, 2.24) is 0 Å². The second kappa shape index (κ2) is 7.35. The van der Waals surface area contributed by atoms with E-state index in [1.807, 2.05) is 37.3 Å². The SMILES string of the molecule is C/C(=C\c1ccc(O)c2ccccc12)CC[C@H]1OC[C@H]2C1=C(CO)CS2(=O)=O. The second-order valence-corrected chi connectivity index (χ2v) is 9.77. The molecule has 1 saturated heterocycles. The number of sulfone groups is 1. The van der Waals surface area contributed by atoms with Crippen molar-refractivity contribution in [3.05, 3.63) is 58.7 Å². The Balaban J connectivity index is 1.53. The summed E-state index contributed by atoms with van der Waals surface area (Å²) >= 11 is 0. The molecule has 0 spiro atoms. The molecule has 0 bridgehead atoms. The van der Waals surface area contributed by atoms with Gasteiger partial charge in [-0.3, -0.25) is 0 Å². The van der Waals surface area contributed by atoms with Crippen molar-refractivity contribution in [2.75, 3.05) is 19.0 Å². The maximum absolute atomic E-state index is 12.2. The van der Waals surface area contributed by atoms with E-state index in [4.69, 9.17) is 4.74 Å². The maximum Gasteiger partial charge on any atom is 0.163 e. The fraction of sp³-hybridized carbons (Fsp3) is 0.364. The predicted octanol–water partition coefficient (Wildman–Crippen LogP) is 3.21. The summed E-state index contributed by atoms with van der Waals surface area (Å²) in [6, 6.07) is 11.3. The van der Waals surface area contributed by atoms with Crippen LogP contribution in [-0.4, -0.2) is 49.0 Å². The van der Waals surface area contributed by atoms with Crippen LogP contribution in [0.3, 0.4) is 0 Å². The number of benzene rings is 2. The van der Waals surface area contributed by atoms with Crippen LogP contribution < -0.4 is 0 Å². The van der Waals surface area contributed by atoms with Crippen LogP contribution in [0.2, 0.25) is 0 Å². The molecule has 5 nitrogen and oxygen atoms in total. The van der Waals surface area contributed by atoms with E-state index in [2.05, 4.69) is 6.08 Å². The molecule has 2 aliphatic heterocycles. The van der Waals surface area contributed by atoms with Crippen molar-refractivity contribution < 1.29 is 23.4 Å². The highest BCUT2D eigenvalue weighted by Gasteiger charge is 2.46. The number of phenols is 1. The molecule has 4 rings (SSSR count). The molecule has 0 aliphatic carbocycles. The Morgan fingerprint density at radius 3 is 2.71 bits per heavy atom. The molecule has 28 heavy (non-hydrogen) atoms. The highest BCUT2D eigenvalue weighted by molar-refractivity contribution is 7.92. The van der Waals surface area contributed by atoms with E-state index in [1.165, 1.54) is 0 Å². The van der Waals surface area contributed by atoms with Gasteiger partial charge in [-0.15, -0.1) is 0 Å². The first-order valence-electron chi connectivity index (χ1n) is 9.44. The summed E-state index contributed by atoms with van der Waals surface area (Å²) in [7, 11) is -3.23. The van der Waals surface area contributed by atoms with E-state index < -0.39 is 15.1 Å². The molecule has 0 saturated carbocycles. The fourth-order valence-electron chi connectivity index (χ4n) is 4.27. The number of allylic oxidation sites excluding steroid dienone is 1. The first kappa shape index (κ1) is 19.2. The van der Waals surface area contributed by atoms with Crippen molar-refractivity contribution in [2.24, 2.45) is 0 Å². The molecular weight excluding hydrogens is 376 g/mol. The number of phenolic OH excluding ortho intramolecular Hbond substituents is 1. The molecule has 6 heteroatoms. The molecule has 2 aromatic rings. The summed E-state index contributed by atoms with van der Waals surface area (Å²) in [5, 5.41) is 20.8. The lowest BCUT2D eigenvalue weighted by atomic mass is 9.96. The van der Waals surface area contributed by atoms with E-state index in [0.29, 0.717) is 12.0 Å². The highest BCUT2D eigenvalue weighted by atomic mass is 32.2. The molecule has 0 radical (unpaired) electrons. The Bertz CT molecular complexity index is 1080. The summed E-state index contributed by atoms with van der Waals surface area (Å²) < 4.78 is 30.2. The zero-order valence-electron chi connectivity index (χ0n) is 15.8. The summed E-state index contributed by atoms with van der Waals surface area (Å²) in [4.78, 5) is 0. The molecular formula is C22H24O5S. The van der Waals surface area contributed by atoms with Crippen LogP contribution in [0.1, 0.15) is 25.3 Å². The van der Waals surface area contributed by atoms with Gasteiger partial charge in [-0.1, -0.05) is 42.0 Å². The van der Waals surface area contributed by atoms with Gasteiger partial charge in [-0.05, 0) is 47.9 Å². The van der Waals surface area contributed by atoms with Gasteiger partial charge in [0.1, 0.15) is 11.0 Å². The van der Waals surface area contributed by atoms with Crippen LogP contribution in [0, 0.1) is 0 Å². The van der Waals surface area contributed by atoms with Crippen LogP contribution in [0.25, 0.3) is 16.8 Å². The van der Waals surface area contributed by atoms with E-state index >= 15 is 0 Å². The third-order valence-electron chi connectivity index (χ3n) is 5.69. The van der Waals surface area contributed by atoms with Crippen LogP contribution in [0.5, 0.6) is 5.75 Å². The third-order valence-corrected chi connectivity index (χ3v) is 7.70. The lowest BCUT2D eigenvalue weighted by Gasteiger charge is -2.13. The number of hydrogen-bond acceptors (Lipinski definition) is 5. The minimum Gasteiger partial charge on any atom is -0.507 e. The van der Waals surface area contributed by atoms with Crippen LogP contribution in [0.4, 0.5) is 0 Å². The molecule has 2 heterocycles. The average molecular weight is 400 g/mol. The lowest BCUT2D eigenvalue weighted by molar-refractivity contribution is 0.117. The molecule has 0 unspecified atom stereocenters. The average Bonchev–Trinajstić information content (AvgIpc) is 3.22. The Labute approximate surface area is 164 Å². The second-order valence-electron chi connectivity index (χ2n) is 7.58. The summed E-state index contributed by atoms with van der Waals surface area (Å²) in [5.41, 5.74) is 3.58. The molecule has 2 aliphatic rings. The van der Waals surface area contributed by atoms with E-state index in [1.54, 1.807) is 6.07 Å². The lowest BCUT2D eigenvalue weighted by Crippen LogP contribution is -2.19. The first-order chi connectivity index (χ1) is 13.4. The number of ether oxygens (including phenoxy) is 1. The smallest absolute Gasteiger partial charge is 0.163 e. The Morgan fingerprint density at radius 1 is 1.21 bits per heavy atom. The summed E-state index contributed by atoms with van der Waals surface area (Å²) in [6.45, 7) is 2.01. The molecule has 1 fully saturated rings. The number of hydrogen-bond donors (Lipinski definition) is 2. The minimum absolute atomic E-state index is 0.0440. The molecule has 148 valence electrons. The number of fused-ring (bicyclic) bond motifs is 2. The highest BCUT2D eigenvalue weighted by Crippen LogP contribution is 2.38. The van der Waals surface area contributed by atoms with Gasteiger partial charge in [0.2, 0.25) is 0 Å². The van der Waals surface area contributed by atoms with Gasteiger partial charge in [-0.25, -0.2) is 8.42 Å². The van der Waals surface area contributed by atoms with E-state index in [-0.39, 0.29) is 30.8 Å². The number of rotatable bonds is 5. The molecule has 2 aromatic carbocycles.